The van der Waals surface area contributed by atoms with Gasteiger partial charge in [0.1, 0.15) is 0 Å². The molecule has 4 heterocycles. The summed E-state index contributed by atoms with van der Waals surface area (Å²) in [7, 11) is 2.08. The van der Waals surface area contributed by atoms with Crippen molar-refractivity contribution in [2.24, 2.45) is 5.92 Å². The molecule has 2 aliphatic heterocycles. The molecule has 2 aromatic rings. The Morgan fingerprint density at radius 3 is 2.79 bits per heavy atom. The van der Waals surface area contributed by atoms with Crippen LogP contribution in [0.3, 0.4) is 0 Å². The first-order valence-corrected chi connectivity index (χ1v) is 12.6. The minimum Gasteiger partial charge on any atom is -0.477 e. The number of aliphatic hydroxyl groups excluding tert-OH is 1. The number of piperidine rings is 1. The van der Waals surface area contributed by atoms with Gasteiger partial charge < -0.3 is 25.0 Å². The van der Waals surface area contributed by atoms with Crippen LogP contribution in [0.15, 0.2) is 30.5 Å². The van der Waals surface area contributed by atoms with Crippen molar-refractivity contribution in [1.29, 1.82) is 0 Å². The van der Waals surface area contributed by atoms with Gasteiger partial charge in [-0.2, -0.15) is 0 Å². The lowest BCUT2D eigenvalue weighted by molar-refractivity contribution is 0.0933. The maximum absolute atomic E-state index is 13.6. The predicted octanol–water partition coefficient (Wildman–Crippen LogP) is 2.72. The molecule has 0 bridgehead atoms. The van der Waals surface area contributed by atoms with Crippen LogP contribution < -0.4 is 15.0 Å². The van der Waals surface area contributed by atoms with E-state index in [-0.39, 0.29) is 24.1 Å². The molecule has 5 rings (SSSR count). The third-order valence-electron chi connectivity index (χ3n) is 7.24. The van der Waals surface area contributed by atoms with Gasteiger partial charge in [0.25, 0.3) is 5.91 Å². The molecular formula is C26H35N5O3. The summed E-state index contributed by atoms with van der Waals surface area (Å²) in [6.07, 6.45) is 6.19. The first-order valence-electron chi connectivity index (χ1n) is 12.6. The van der Waals surface area contributed by atoms with Crippen LogP contribution in [0.1, 0.15) is 49.5 Å². The molecule has 34 heavy (non-hydrogen) atoms. The lowest BCUT2D eigenvalue weighted by atomic mass is 9.94. The van der Waals surface area contributed by atoms with Gasteiger partial charge >= 0.3 is 0 Å². The van der Waals surface area contributed by atoms with Crippen LogP contribution in [-0.4, -0.2) is 77.4 Å². The SMILES string of the molecule is CCOc1ncccc1-c1ccc(N2CC[C@H](O)C[C@@H]2C2CC2)c(C(=O)N[C@@H]2CCN(C)C2)n1. The molecule has 2 saturated heterocycles. The minimum absolute atomic E-state index is 0.121. The molecular weight excluding hydrogens is 430 g/mol. The first-order chi connectivity index (χ1) is 16.5. The fourth-order valence-electron chi connectivity index (χ4n) is 5.35. The van der Waals surface area contributed by atoms with E-state index in [9.17, 15) is 9.90 Å². The third kappa shape index (κ3) is 4.88. The third-order valence-corrected chi connectivity index (χ3v) is 7.24. The zero-order valence-corrected chi connectivity index (χ0v) is 20.1. The van der Waals surface area contributed by atoms with E-state index >= 15 is 0 Å². The summed E-state index contributed by atoms with van der Waals surface area (Å²) in [6.45, 7) is 4.98. The lowest BCUT2D eigenvalue weighted by Crippen LogP contribution is -2.47. The van der Waals surface area contributed by atoms with Crippen molar-refractivity contribution in [2.75, 3.05) is 38.2 Å². The Bertz CT molecular complexity index is 1030. The second kappa shape index (κ2) is 9.88. The summed E-state index contributed by atoms with van der Waals surface area (Å²) in [5, 5.41) is 13.6. The second-order valence-corrected chi connectivity index (χ2v) is 9.85. The molecule has 2 N–H and O–H groups in total. The van der Waals surface area contributed by atoms with Crippen molar-refractivity contribution >= 4 is 11.6 Å². The summed E-state index contributed by atoms with van der Waals surface area (Å²) in [6, 6.07) is 8.14. The maximum atomic E-state index is 13.6. The van der Waals surface area contributed by atoms with Crippen LogP contribution in [0.25, 0.3) is 11.3 Å². The number of likely N-dealkylation sites (N-methyl/N-ethyl adjacent to an activating group) is 1. The number of nitrogens with one attached hydrogen (secondary N) is 1. The number of amides is 1. The number of aromatic nitrogens is 2. The van der Waals surface area contributed by atoms with Gasteiger partial charge in [0, 0.05) is 31.4 Å². The highest BCUT2D eigenvalue weighted by Crippen LogP contribution is 2.42. The number of carbonyl (C=O) groups excluding carboxylic acids is 1. The largest absolute Gasteiger partial charge is 0.477 e. The van der Waals surface area contributed by atoms with Crippen LogP contribution in [0, 0.1) is 5.92 Å². The molecule has 0 spiro atoms. The summed E-state index contributed by atoms with van der Waals surface area (Å²) in [5.41, 5.74) is 2.76. The van der Waals surface area contributed by atoms with Gasteiger partial charge in [-0.15, -0.1) is 0 Å². The molecule has 8 heteroatoms. The second-order valence-electron chi connectivity index (χ2n) is 9.85. The predicted molar refractivity (Wildman–Crippen MR) is 131 cm³/mol. The van der Waals surface area contributed by atoms with E-state index in [0.29, 0.717) is 36.2 Å². The van der Waals surface area contributed by atoms with Crippen molar-refractivity contribution in [3.63, 3.8) is 0 Å². The van der Waals surface area contributed by atoms with Gasteiger partial charge in [0.15, 0.2) is 5.69 Å². The average Bonchev–Trinajstić information content (AvgIpc) is 3.61. The highest BCUT2D eigenvalue weighted by atomic mass is 16.5. The van der Waals surface area contributed by atoms with E-state index in [2.05, 4.69) is 27.1 Å². The molecule has 1 amide bonds. The number of rotatable bonds is 7. The van der Waals surface area contributed by atoms with E-state index in [1.807, 2.05) is 31.2 Å². The highest BCUT2D eigenvalue weighted by molar-refractivity contribution is 5.99. The van der Waals surface area contributed by atoms with Crippen molar-refractivity contribution in [2.45, 2.75) is 57.2 Å². The molecule has 1 aliphatic carbocycles. The fraction of sp³-hybridized carbons (Fsp3) is 0.577. The number of hydrogen-bond donors (Lipinski definition) is 2. The number of aliphatic hydroxyl groups is 1. The Labute approximate surface area is 201 Å². The Balaban J connectivity index is 1.52. The van der Waals surface area contributed by atoms with Crippen LogP contribution >= 0.6 is 0 Å². The van der Waals surface area contributed by atoms with E-state index in [1.54, 1.807) is 6.20 Å². The Morgan fingerprint density at radius 2 is 2.06 bits per heavy atom. The van der Waals surface area contributed by atoms with Gasteiger partial charge in [-0.3, -0.25) is 4.79 Å². The zero-order chi connectivity index (χ0) is 23.7. The molecule has 0 unspecified atom stereocenters. The van der Waals surface area contributed by atoms with Gasteiger partial charge in [0.2, 0.25) is 5.88 Å². The van der Waals surface area contributed by atoms with Gasteiger partial charge in [-0.1, -0.05) is 0 Å². The smallest absolute Gasteiger partial charge is 0.272 e. The summed E-state index contributed by atoms with van der Waals surface area (Å²) in [4.78, 5) is 27.4. The van der Waals surface area contributed by atoms with Gasteiger partial charge in [-0.25, -0.2) is 9.97 Å². The molecule has 0 aromatic carbocycles. The number of ether oxygens (including phenoxy) is 1. The minimum atomic E-state index is -0.274. The number of carbonyl (C=O) groups is 1. The molecule has 3 atom stereocenters. The lowest BCUT2D eigenvalue weighted by Gasteiger charge is -2.40. The maximum Gasteiger partial charge on any atom is 0.272 e. The van der Waals surface area contributed by atoms with Crippen molar-refractivity contribution < 1.29 is 14.6 Å². The molecule has 182 valence electrons. The van der Waals surface area contributed by atoms with Crippen LogP contribution in [0.4, 0.5) is 5.69 Å². The Kier molecular flexibility index (Phi) is 6.70. The van der Waals surface area contributed by atoms with Gasteiger partial charge in [-0.05, 0) is 82.8 Å². The molecule has 2 aromatic heterocycles. The number of anilines is 1. The Morgan fingerprint density at radius 1 is 1.21 bits per heavy atom. The summed E-state index contributed by atoms with van der Waals surface area (Å²) in [5.74, 6) is 0.961. The number of nitrogens with zero attached hydrogens (tertiary/aromatic N) is 4. The first kappa shape index (κ1) is 23.1. The number of hydrogen-bond acceptors (Lipinski definition) is 7. The standard InChI is InChI=1S/C26H35N5O3/c1-3-34-26-20(5-4-12-27-26)21-8-9-22(31-14-11-19(32)15-23(31)17-6-7-17)24(29-21)25(33)28-18-10-13-30(2)16-18/h4-5,8-9,12,17-19,23,32H,3,6-7,10-11,13-16H2,1-2H3,(H,28,33)/t18-,19+,23-/m1/s1. The average molecular weight is 466 g/mol. The fourth-order valence-corrected chi connectivity index (χ4v) is 5.35. The molecule has 0 radical (unpaired) electrons. The van der Waals surface area contributed by atoms with Crippen molar-refractivity contribution in [3.05, 3.63) is 36.2 Å². The van der Waals surface area contributed by atoms with E-state index in [0.717, 1.165) is 43.7 Å². The van der Waals surface area contributed by atoms with E-state index in [1.165, 1.54) is 12.8 Å². The van der Waals surface area contributed by atoms with E-state index < -0.39 is 0 Å². The summed E-state index contributed by atoms with van der Waals surface area (Å²) < 4.78 is 5.73. The van der Waals surface area contributed by atoms with Crippen molar-refractivity contribution in [3.8, 4) is 17.1 Å². The molecule has 1 saturated carbocycles. The zero-order valence-electron chi connectivity index (χ0n) is 20.1. The number of likely N-dealkylation sites (tertiary alicyclic amines) is 1. The Hall–Kier alpha value is -2.71. The quantitative estimate of drug-likeness (QED) is 0.650. The van der Waals surface area contributed by atoms with Crippen LogP contribution in [-0.2, 0) is 0 Å². The molecule has 8 nitrogen and oxygen atoms in total. The van der Waals surface area contributed by atoms with E-state index in [4.69, 9.17) is 9.72 Å². The summed E-state index contributed by atoms with van der Waals surface area (Å²) >= 11 is 0. The topological polar surface area (TPSA) is 90.8 Å². The van der Waals surface area contributed by atoms with Crippen molar-refractivity contribution in [1.82, 2.24) is 20.2 Å². The molecule has 3 fully saturated rings. The number of pyridine rings is 2. The van der Waals surface area contributed by atoms with Crippen LogP contribution in [0.5, 0.6) is 5.88 Å². The van der Waals surface area contributed by atoms with Crippen LogP contribution in [0.2, 0.25) is 0 Å². The molecule has 3 aliphatic rings. The van der Waals surface area contributed by atoms with Gasteiger partial charge in [0.05, 0.1) is 29.7 Å². The highest BCUT2D eigenvalue weighted by Gasteiger charge is 2.40. The normalized spacial score (nSPS) is 25.4. The monoisotopic (exact) mass is 465 g/mol.